The van der Waals surface area contributed by atoms with E-state index in [0.717, 1.165) is 36.8 Å². The smallest absolute Gasteiger partial charge is 0.343 e. The summed E-state index contributed by atoms with van der Waals surface area (Å²) in [5, 5.41) is 1.02. The number of halogens is 2. The molecule has 6 heteroatoms. The van der Waals surface area contributed by atoms with E-state index >= 15 is 0 Å². The predicted octanol–water partition coefficient (Wildman–Crippen LogP) is 9.44. The molecular weight excluding hydrogens is 543 g/mol. The molecule has 0 atom stereocenters. The van der Waals surface area contributed by atoms with Gasteiger partial charge in [0.1, 0.15) is 0 Å². The van der Waals surface area contributed by atoms with E-state index < -0.39 is 11.9 Å². The van der Waals surface area contributed by atoms with E-state index in [9.17, 15) is 9.59 Å². The first-order chi connectivity index (χ1) is 19.4. The third-order valence-corrected chi connectivity index (χ3v) is 6.77. The van der Waals surface area contributed by atoms with Crippen molar-refractivity contribution in [1.29, 1.82) is 0 Å². The zero-order valence-electron chi connectivity index (χ0n) is 22.5. The standard InChI is InChI=1S/C34H30Cl2O4/c1-3-5-23-7-11-27(12-8-23)33(37)39-31(25-15-19-29(35)20-16-25)32(26-17-21-30(36)22-18-26)40-34(38)28-13-9-24(6-4-2)10-14-28/h7-22H,3-6H2,1-2H3. The molecule has 0 N–H and O–H groups in total. The van der Waals surface area contributed by atoms with Crippen LogP contribution in [0.4, 0.5) is 0 Å². The SMILES string of the molecule is CCCc1ccc(C(=O)OC(=C(OC(=O)c2ccc(CCC)cc2)c2ccc(Cl)cc2)c2ccc(Cl)cc2)cc1. The van der Waals surface area contributed by atoms with Crippen molar-refractivity contribution in [3.8, 4) is 0 Å². The highest BCUT2D eigenvalue weighted by molar-refractivity contribution is 6.31. The van der Waals surface area contributed by atoms with E-state index in [0.29, 0.717) is 32.3 Å². The second-order valence-corrected chi connectivity index (χ2v) is 10.2. The number of aryl methyl sites for hydroxylation is 2. The van der Waals surface area contributed by atoms with Crippen LogP contribution >= 0.6 is 23.2 Å². The third-order valence-electron chi connectivity index (χ3n) is 6.27. The van der Waals surface area contributed by atoms with E-state index in [2.05, 4.69) is 13.8 Å². The van der Waals surface area contributed by atoms with E-state index in [1.165, 1.54) is 0 Å². The molecular formula is C34H30Cl2O4. The van der Waals surface area contributed by atoms with Crippen LogP contribution in [0, 0.1) is 0 Å². The average molecular weight is 574 g/mol. The molecule has 0 unspecified atom stereocenters. The molecule has 0 radical (unpaired) electrons. The van der Waals surface area contributed by atoms with Gasteiger partial charge in [-0.1, -0.05) is 74.2 Å². The van der Waals surface area contributed by atoms with Gasteiger partial charge in [-0.3, -0.25) is 0 Å². The first-order valence-electron chi connectivity index (χ1n) is 13.3. The highest BCUT2D eigenvalue weighted by Gasteiger charge is 2.23. The molecule has 0 saturated carbocycles. The van der Waals surface area contributed by atoms with Gasteiger partial charge in [-0.15, -0.1) is 0 Å². The molecule has 0 spiro atoms. The van der Waals surface area contributed by atoms with Crippen molar-refractivity contribution >= 4 is 46.7 Å². The van der Waals surface area contributed by atoms with E-state index in [1.807, 2.05) is 24.3 Å². The van der Waals surface area contributed by atoms with Crippen LogP contribution in [0.2, 0.25) is 10.0 Å². The predicted molar refractivity (Wildman–Crippen MR) is 161 cm³/mol. The Kier molecular flexibility index (Phi) is 10.2. The topological polar surface area (TPSA) is 52.6 Å². The lowest BCUT2D eigenvalue weighted by atomic mass is 10.1. The zero-order chi connectivity index (χ0) is 28.5. The Bertz CT molecular complexity index is 1360. The fourth-order valence-corrected chi connectivity index (χ4v) is 4.42. The normalized spacial score (nSPS) is 11.5. The number of rotatable bonds is 10. The Balaban J connectivity index is 1.78. The molecule has 204 valence electrons. The molecule has 4 aromatic rings. The number of carbonyl (C=O) groups excluding carboxylic acids is 2. The highest BCUT2D eigenvalue weighted by atomic mass is 35.5. The van der Waals surface area contributed by atoms with Crippen LogP contribution < -0.4 is 0 Å². The van der Waals surface area contributed by atoms with Gasteiger partial charge in [0.25, 0.3) is 0 Å². The molecule has 0 bridgehead atoms. The molecule has 0 aliphatic carbocycles. The van der Waals surface area contributed by atoms with E-state index in [-0.39, 0.29) is 11.5 Å². The fraction of sp³-hybridized carbons (Fsp3) is 0.176. The Labute approximate surface area is 245 Å². The monoisotopic (exact) mass is 572 g/mol. The van der Waals surface area contributed by atoms with Crippen molar-refractivity contribution in [1.82, 2.24) is 0 Å². The summed E-state index contributed by atoms with van der Waals surface area (Å²) < 4.78 is 12.0. The summed E-state index contributed by atoms with van der Waals surface area (Å²) in [6.07, 6.45) is 3.84. The molecule has 0 saturated heterocycles. The Morgan fingerprint density at radius 2 is 0.800 bits per heavy atom. The minimum absolute atomic E-state index is 0.0811. The van der Waals surface area contributed by atoms with Crippen LogP contribution in [0.5, 0.6) is 0 Å². The Hall–Kier alpha value is -3.86. The zero-order valence-corrected chi connectivity index (χ0v) is 24.0. The summed E-state index contributed by atoms with van der Waals surface area (Å²) in [6, 6.07) is 28.1. The molecule has 0 aliphatic rings. The van der Waals surface area contributed by atoms with Gasteiger partial charge < -0.3 is 9.47 Å². The summed E-state index contributed by atoms with van der Waals surface area (Å²) in [7, 11) is 0. The number of hydrogen-bond acceptors (Lipinski definition) is 4. The van der Waals surface area contributed by atoms with Gasteiger partial charge in [0, 0.05) is 21.2 Å². The van der Waals surface area contributed by atoms with Gasteiger partial charge in [0.15, 0.2) is 11.5 Å². The van der Waals surface area contributed by atoms with Crippen LogP contribution in [0.15, 0.2) is 97.1 Å². The third kappa shape index (κ3) is 7.62. The van der Waals surface area contributed by atoms with Crippen molar-refractivity contribution < 1.29 is 19.1 Å². The summed E-state index contributed by atoms with van der Waals surface area (Å²) in [5.41, 5.74) is 4.04. The van der Waals surface area contributed by atoms with Crippen molar-refractivity contribution in [3.05, 3.63) is 140 Å². The lowest BCUT2D eigenvalue weighted by molar-refractivity contribution is 0.0646. The van der Waals surface area contributed by atoms with Gasteiger partial charge in [0.2, 0.25) is 0 Å². The molecule has 40 heavy (non-hydrogen) atoms. The summed E-state index contributed by atoms with van der Waals surface area (Å²) >= 11 is 12.3. The lowest BCUT2D eigenvalue weighted by Gasteiger charge is -2.17. The molecule has 4 nitrogen and oxygen atoms in total. The molecule has 0 amide bonds. The lowest BCUT2D eigenvalue weighted by Crippen LogP contribution is -2.11. The second kappa shape index (κ2) is 14.0. The highest BCUT2D eigenvalue weighted by Crippen LogP contribution is 2.32. The first-order valence-corrected chi connectivity index (χ1v) is 14.0. The van der Waals surface area contributed by atoms with Crippen molar-refractivity contribution in [3.63, 3.8) is 0 Å². The molecule has 4 aromatic carbocycles. The van der Waals surface area contributed by atoms with E-state index in [1.54, 1.807) is 72.8 Å². The van der Waals surface area contributed by atoms with Crippen LogP contribution in [0.1, 0.15) is 69.7 Å². The molecule has 0 aliphatic heterocycles. The Morgan fingerprint density at radius 3 is 1.10 bits per heavy atom. The number of ether oxygens (including phenoxy) is 2. The summed E-state index contributed by atoms with van der Waals surface area (Å²) in [5.74, 6) is -1.01. The average Bonchev–Trinajstić information content (AvgIpc) is 2.97. The van der Waals surface area contributed by atoms with Gasteiger partial charge >= 0.3 is 11.9 Å². The first kappa shape index (κ1) is 29.1. The largest absolute Gasteiger partial charge is 0.418 e. The van der Waals surface area contributed by atoms with Gasteiger partial charge in [0.05, 0.1) is 11.1 Å². The number of esters is 2. The number of benzene rings is 4. The number of hydrogen-bond donors (Lipinski definition) is 0. The maximum atomic E-state index is 13.4. The summed E-state index contributed by atoms with van der Waals surface area (Å²) in [4.78, 5) is 26.7. The van der Waals surface area contributed by atoms with Gasteiger partial charge in [-0.05, 0) is 96.8 Å². The van der Waals surface area contributed by atoms with E-state index in [4.69, 9.17) is 32.7 Å². The molecule has 0 fully saturated rings. The molecule has 4 rings (SSSR count). The number of carbonyl (C=O) groups is 2. The van der Waals surface area contributed by atoms with Crippen molar-refractivity contribution in [2.24, 2.45) is 0 Å². The summed E-state index contributed by atoms with van der Waals surface area (Å²) in [6.45, 7) is 4.20. The van der Waals surface area contributed by atoms with Crippen molar-refractivity contribution in [2.45, 2.75) is 39.5 Å². The van der Waals surface area contributed by atoms with Gasteiger partial charge in [-0.25, -0.2) is 9.59 Å². The quantitative estimate of drug-likeness (QED) is 0.108. The molecule has 0 heterocycles. The molecule has 0 aromatic heterocycles. The maximum Gasteiger partial charge on any atom is 0.343 e. The fourth-order valence-electron chi connectivity index (χ4n) is 4.17. The van der Waals surface area contributed by atoms with Gasteiger partial charge in [-0.2, -0.15) is 0 Å². The minimum atomic E-state index is -0.584. The second-order valence-electron chi connectivity index (χ2n) is 9.34. The minimum Gasteiger partial charge on any atom is -0.418 e. The maximum absolute atomic E-state index is 13.4. The Morgan fingerprint density at radius 1 is 0.500 bits per heavy atom. The van der Waals surface area contributed by atoms with Crippen LogP contribution in [-0.2, 0) is 22.3 Å². The van der Waals surface area contributed by atoms with Crippen LogP contribution in [0.25, 0.3) is 11.5 Å². The van der Waals surface area contributed by atoms with Crippen molar-refractivity contribution in [2.75, 3.05) is 0 Å². The van der Waals surface area contributed by atoms with Crippen LogP contribution in [-0.4, -0.2) is 11.9 Å². The van der Waals surface area contributed by atoms with Crippen LogP contribution in [0.3, 0.4) is 0 Å².